The molecule has 116 valence electrons. The summed E-state index contributed by atoms with van der Waals surface area (Å²) in [5.41, 5.74) is 0.968. The molecule has 0 saturated heterocycles. The lowest BCUT2D eigenvalue weighted by Crippen LogP contribution is -2.26. The Balaban J connectivity index is 1.61. The second kappa shape index (κ2) is 5.14. The van der Waals surface area contributed by atoms with Crippen molar-refractivity contribution in [1.82, 2.24) is 0 Å². The van der Waals surface area contributed by atoms with E-state index in [1.165, 1.54) is 17.8 Å². The van der Waals surface area contributed by atoms with Crippen LogP contribution in [-0.2, 0) is 4.74 Å². The first-order valence-electron chi connectivity index (χ1n) is 6.80. The van der Waals surface area contributed by atoms with Crippen molar-refractivity contribution in [2.45, 2.75) is 37.2 Å². The summed E-state index contributed by atoms with van der Waals surface area (Å²) in [5, 5.41) is 19.6. The molecule has 1 saturated carbocycles. The highest BCUT2D eigenvalue weighted by Crippen LogP contribution is 2.60. The van der Waals surface area contributed by atoms with E-state index < -0.39 is 18.6 Å². The number of ether oxygens (including phenoxy) is 1. The van der Waals surface area contributed by atoms with Crippen molar-refractivity contribution >= 4 is 17.5 Å². The van der Waals surface area contributed by atoms with Crippen LogP contribution in [-0.4, -0.2) is 34.6 Å². The first kappa shape index (κ1) is 15.1. The number of thioether (sulfide) groups is 1. The van der Waals surface area contributed by atoms with Gasteiger partial charge in [0, 0.05) is 16.5 Å². The normalized spacial score (nSPS) is 41.7. The van der Waals surface area contributed by atoms with Gasteiger partial charge in [0.1, 0.15) is 0 Å². The van der Waals surface area contributed by atoms with Gasteiger partial charge in [-0.2, -0.15) is 0 Å². The standard InChI is InChI=1S/C14H16F3NO2S/c1-6(18)10-5-21-13(12(10)19)11-8-3-2-7(4-9(8)11)20-14(15,16)17/h2-3,5,7-9,11-13,18-19H,4H2,1H3. The Morgan fingerprint density at radius 3 is 2.71 bits per heavy atom. The molecule has 1 heterocycles. The van der Waals surface area contributed by atoms with Gasteiger partial charge in [-0.25, -0.2) is 0 Å². The molecule has 0 aromatic heterocycles. The number of alkyl halides is 3. The van der Waals surface area contributed by atoms with Crippen molar-refractivity contribution in [1.29, 1.82) is 5.41 Å². The maximum atomic E-state index is 12.2. The molecule has 3 aliphatic rings. The molecule has 21 heavy (non-hydrogen) atoms. The van der Waals surface area contributed by atoms with Crippen LogP contribution in [0.15, 0.2) is 23.1 Å². The fraction of sp³-hybridized carbons (Fsp3) is 0.643. The molecule has 7 heteroatoms. The van der Waals surface area contributed by atoms with E-state index >= 15 is 0 Å². The average Bonchev–Trinajstić information content (AvgIpc) is 2.92. The Morgan fingerprint density at radius 1 is 1.43 bits per heavy atom. The number of aliphatic hydroxyl groups excluding tert-OH is 1. The summed E-state index contributed by atoms with van der Waals surface area (Å²) in [6.07, 6.45) is -2.61. The van der Waals surface area contributed by atoms with Gasteiger partial charge in [-0.3, -0.25) is 4.74 Å². The van der Waals surface area contributed by atoms with Crippen LogP contribution in [0.4, 0.5) is 13.2 Å². The second-order valence-electron chi connectivity index (χ2n) is 5.78. The van der Waals surface area contributed by atoms with Gasteiger partial charge in [0.25, 0.3) is 0 Å². The molecule has 0 amide bonds. The van der Waals surface area contributed by atoms with Crippen molar-refractivity contribution < 1.29 is 23.0 Å². The fourth-order valence-corrected chi connectivity index (χ4v) is 4.90. The van der Waals surface area contributed by atoms with Crippen LogP contribution in [0.2, 0.25) is 0 Å². The van der Waals surface area contributed by atoms with Gasteiger partial charge in [0.2, 0.25) is 0 Å². The predicted octanol–water partition coefficient (Wildman–Crippen LogP) is 3.11. The van der Waals surface area contributed by atoms with Crippen molar-refractivity contribution in [2.75, 3.05) is 0 Å². The van der Waals surface area contributed by atoms with Crippen LogP contribution in [0.1, 0.15) is 13.3 Å². The first-order chi connectivity index (χ1) is 9.78. The Morgan fingerprint density at radius 2 is 2.14 bits per heavy atom. The van der Waals surface area contributed by atoms with Crippen LogP contribution in [0.5, 0.6) is 0 Å². The summed E-state index contributed by atoms with van der Waals surface area (Å²) in [6.45, 7) is 1.63. The number of nitrogens with one attached hydrogen (secondary N) is 1. The van der Waals surface area contributed by atoms with Gasteiger partial charge in [0.05, 0.1) is 12.2 Å². The minimum Gasteiger partial charge on any atom is -0.387 e. The Kier molecular flexibility index (Phi) is 3.70. The third-order valence-corrected chi connectivity index (χ3v) is 5.70. The summed E-state index contributed by atoms with van der Waals surface area (Å²) in [4.78, 5) is 0. The molecule has 3 nitrogen and oxygen atoms in total. The third-order valence-electron chi connectivity index (χ3n) is 4.42. The molecule has 1 fully saturated rings. The molecule has 2 N–H and O–H groups in total. The van der Waals surface area contributed by atoms with Crippen molar-refractivity contribution in [2.24, 2.45) is 17.8 Å². The van der Waals surface area contributed by atoms with Gasteiger partial charge in [0.15, 0.2) is 0 Å². The lowest BCUT2D eigenvalue weighted by molar-refractivity contribution is -0.337. The molecule has 2 aliphatic carbocycles. The summed E-state index contributed by atoms with van der Waals surface area (Å²) >= 11 is 1.49. The fourth-order valence-electron chi connectivity index (χ4n) is 3.42. The van der Waals surface area contributed by atoms with E-state index in [2.05, 4.69) is 4.74 Å². The maximum Gasteiger partial charge on any atom is 0.523 e. The highest BCUT2D eigenvalue weighted by Gasteiger charge is 2.58. The van der Waals surface area contributed by atoms with Crippen LogP contribution in [0.25, 0.3) is 0 Å². The smallest absolute Gasteiger partial charge is 0.387 e. The zero-order valence-electron chi connectivity index (χ0n) is 11.3. The van der Waals surface area contributed by atoms with Crippen LogP contribution >= 0.6 is 11.8 Å². The number of rotatable bonds is 3. The molecule has 0 bridgehead atoms. The summed E-state index contributed by atoms with van der Waals surface area (Å²) in [5.74, 6) is 0.522. The third kappa shape index (κ3) is 2.91. The molecule has 6 unspecified atom stereocenters. The number of aliphatic hydroxyl groups is 1. The van der Waals surface area contributed by atoms with Gasteiger partial charge >= 0.3 is 6.36 Å². The minimum absolute atomic E-state index is 0.0652. The lowest BCUT2D eigenvalue weighted by atomic mass is 10.0. The molecule has 0 spiro atoms. The molecule has 1 aliphatic heterocycles. The molecular formula is C14H16F3NO2S. The quantitative estimate of drug-likeness (QED) is 0.621. The van der Waals surface area contributed by atoms with E-state index in [1.807, 2.05) is 0 Å². The molecule has 6 atom stereocenters. The topological polar surface area (TPSA) is 53.3 Å². The number of allylic oxidation sites excluding steroid dienone is 1. The lowest BCUT2D eigenvalue weighted by Gasteiger charge is -2.19. The van der Waals surface area contributed by atoms with E-state index in [4.69, 9.17) is 5.41 Å². The molecule has 0 aromatic rings. The molecule has 0 radical (unpaired) electrons. The van der Waals surface area contributed by atoms with Crippen molar-refractivity contribution in [3.63, 3.8) is 0 Å². The largest absolute Gasteiger partial charge is 0.523 e. The second-order valence-corrected chi connectivity index (χ2v) is 6.84. The molecule has 0 aromatic carbocycles. The zero-order valence-corrected chi connectivity index (χ0v) is 12.1. The number of halogens is 3. The Hall–Kier alpha value is -0.790. The van der Waals surface area contributed by atoms with Crippen LogP contribution in [0.3, 0.4) is 0 Å². The van der Waals surface area contributed by atoms with E-state index in [0.29, 0.717) is 17.7 Å². The van der Waals surface area contributed by atoms with Crippen LogP contribution in [0, 0.1) is 23.2 Å². The van der Waals surface area contributed by atoms with Gasteiger partial charge in [-0.15, -0.1) is 24.9 Å². The first-order valence-corrected chi connectivity index (χ1v) is 7.74. The highest BCUT2D eigenvalue weighted by atomic mass is 32.2. The Labute approximate surface area is 124 Å². The van der Waals surface area contributed by atoms with E-state index in [9.17, 15) is 18.3 Å². The number of hydrogen-bond donors (Lipinski definition) is 2. The van der Waals surface area contributed by atoms with Gasteiger partial charge in [-0.1, -0.05) is 12.2 Å². The van der Waals surface area contributed by atoms with Crippen LogP contribution < -0.4 is 0 Å². The van der Waals surface area contributed by atoms with Crippen molar-refractivity contribution in [3.8, 4) is 0 Å². The number of hydrogen-bond acceptors (Lipinski definition) is 4. The van der Waals surface area contributed by atoms with Crippen molar-refractivity contribution in [3.05, 3.63) is 23.1 Å². The van der Waals surface area contributed by atoms with Gasteiger partial charge < -0.3 is 10.5 Å². The zero-order chi connectivity index (χ0) is 15.4. The highest BCUT2D eigenvalue weighted by molar-refractivity contribution is 8.03. The summed E-state index contributed by atoms with van der Waals surface area (Å²) in [6, 6.07) is 0. The SMILES string of the molecule is CC(=N)C1=CSC(C2C3C=CC(OC(F)(F)F)CC32)C1O. The maximum absolute atomic E-state index is 12.2. The number of fused-ring (bicyclic) bond motifs is 1. The monoisotopic (exact) mass is 319 g/mol. The van der Waals surface area contributed by atoms with E-state index in [1.54, 1.807) is 18.4 Å². The predicted molar refractivity (Wildman–Crippen MR) is 74.0 cm³/mol. The average molecular weight is 319 g/mol. The minimum atomic E-state index is -4.61. The summed E-state index contributed by atoms with van der Waals surface area (Å²) < 4.78 is 40.8. The Bertz CT molecular complexity index is 517. The van der Waals surface area contributed by atoms with Gasteiger partial charge in [-0.05, 0) is 36.5 Å². The summed E-state index contributed by atoms with van der Waals surface area (Å²) in [7, 11) is 0. The van der Waals surface area contributed by atoms with E-state index in [-0.39, 0.29) is 23.0 Å². The molecule has 3 rings (SSSR count). The van der Waals surface area contributed by atoms with E-state index in [0.717, 1.165) is 0 Å². The molecular weight excluding hydrogens is 303 g/mol.